The maximum atomic E-state index is 11.8. The monoisotopic (exact) mass is 225 g/mol. The molecule has 16 heavy (non-hydrogen) atoms. The first-order valence-electron chi connectivity index (χ1n) is 5.45. The zero-order valence-electron chi connectivity index (χ0n) is 8.89. The Morgan fingerprint density at radius 1 is 1.31 bits per heavy atom. The van der Waals surface area contributed by atoms with Crippen molar-refractivity contribution in [3.63, 3.8) is 0 Å². The van der Waals surface area contributed by atoms with Gasteiger partial charge in [0.05, 0.1) is 24.5 Å². The second-order valence-corrected chi connectivity index (χ2v) is 4.19. The van der Waals surface area contributed by atoms with Gasteiger partial charge in [0.15, 0.2) is 0 Å². The van der Waals surface area contributed by atoms with Gasteiger partial charge in [0.25, 0.3) is 0 Å². The van der Waals surface area contributed by atoms with Gasteiger partial charge >= 0.3 is 5.97 Å². The molecule has 1 amide bonds. The molecule has 0 aromatic rings. The van der Waals surface area contributed by atoms with E-state index < -0.39 is 17.8 Å². The van der Waals surface area contributed by atoms with Crippen LogP contribution in [0.5, 0.6) is 0 Å². The Hall–Kier alpha value is -1.36. The molecule has 1 heterocycles. The lowest BCUT2D eigenvalue weighted by atomic mass is 9.82. The molecule has 0 radical (unpaired) electrons. The highest BCUT2D eigenvalue weighted by Crippen LogP contribution is 2.26. The molecular formula is C11H15NO4. The molecule has 0 spiro atoms. The molecule has 1 fully saturated rings. The molecular weight excluding hydrogens is 210 g/mol. The van der Waals surface area contributed by atoms with Gasteiger partial charge in [-0.05, 0) is 12.8 Å². The van der Waals surface area contributed by atoms with Crippen molar-refractivity contribution in [2.45, 2.75) is 18.9 Å². The lowest BCUT2D eigenvalue weighted by Gasteiger charge is -2.23. The van der Waals surface area contributed by atoms with Crippen LogP contribution in [0, 0.1) is 11.8 Å². The van der Waals surface area contributed by atoms with Crippen LogP contribution in [-0.4, -0.2) is 36.2 Å². The van der Waals surface area contributed by atoms with Crippen molar-refractivity contribution in [2.75, 3.05) is 13.2 Å². The van der Waals surface area contributed by atoms with Crippen LogP contribution >= 0.6 is 0 Å². The summed E-state index contributed by atoms with van der Waals surface area (Å²) < 4.78 is 4.98. The number of carbonyl (C=O) groups is 2. The molecule has 0 aromatic heterocycles. The van der Waals surface area contributed by atoms with Gasteiger partial charge in [0.1, 0.15) is 0 Å². The third-order valence-electron chi connectivity index (χ3n) is 2.99. The van der Waals surface area contributed by atoms with E-state index in [1.165, 1.54) is 0 Å². The molecule has 0 saturated carbocycles. The Balaban J connectivity index is 1.90. The molecule has 0 unspecified atom stereocenters. The summed E-state index contributed by atoms with van der Waals surface area (Å²) in [7, 11) is 0. The van der Waals surface area contributed by atoms with Gasteiger partial charge in [0.2, 0.25) is 5.91 Å². The van der Waals surface area contributed by atoms with E-state index in [9.17, 15) is 9.59 Å². The third kappa shape index (κ3) is 2.61. The van der Waals surface area contributed by atoms with E-state index in [0.29, 0.717) is 26.0 Å². The second kappa shape index (κ2) is 4.65. The lowest BCUT2D eigenvalue weighted by Crippen LogP contribution is -2.40. The van der Waals surface area contributed by atoms with Crippen molar-refractivity contribution >= 4 is 11.9 Å². The summed E-state index contributed by atoms with van der Waals surface area (Å²) in [6.07, 6.45) is 4.78. The second-order valence-electron chi connectivity index (χ2n) is 4.19. The van der Waals surface area contributed by atoms with E-state index in [0.717, 1.165) is 0 Å². The summed E-state index contributed by atoms with van der Waals surface area (Å²) in [5.41, 5.74) is 0. The topological polar surface area (TPSA) is 78.9 Å². The number of allylic oxidation sites excluding steroid dienone is 2. The number of hydrogen-bond acceptors (Lipinski definition) is 3. The van der Waals surface area contributed by atoms with Gasteiger partial charge in [0, 0.05) is 6.54 Å². The molecule has 2 rings (SSSR count). The van der Waals surface area contributed by atoms with Gasteiger partial charge in [-0.15, -0.1) is 0 Å². The molecule has 2 N–H and O–H groups in total. The quantitative estimate of drug-likeness (QED) is 0.528. The van der Waals surface area contributed by atoms with Crippen LogP contribution in [0.2, 0.25) is 0 Å². The van der Waals surface area contributed by atoms with Gasteiger partial charge in [-0.1, -0.05) is 12.2 Å². The number of carboxylic acid groups (broad SMARTS) is 1. The standard InChI is InChI=1S/C11H15NO4/c13-10(12-5-7-6-16-7)8-3-1-2-4-9(8)11(14)15/h1-2,7-9H,3-6H2,(H,12,13)(H,14,15)/t7-,8+,9+/m0/s1. The number of hydrogen-bond donors (Lipinski definition) is 2. The van der Waals surface area contributed by atoms with E-state index >= 15 is 0 Å². The first-order chi connectivity index (χ1) is 7.68. The summed E-state index contributed by atoms with van der Waals surface area (Å²) in [5.74, 6) is -2.11. The van der Waals surface area contributed by atoms with Crippen molar-refractivity contribution in [1.29, 1.82) is 0 Å². The van der Waals surface area contributed by atoms with Crippen molar-refractivity contribution in [3.05, 3.63) is 12.2 Å². The van der Waals surface area contributed by atoms with Crippen LogP contribution < -0.4 is 5.32 Å². The molecule has 88 valence electrons. The molecule has 1 aliphatic carbocycles. The minimum Gasteiger partial charge on any atom is -0.481 e. The average Bonchev–Trinajstić information content (AvgIpc) is 3.09. The van der Waals surface area contributed by atoms with Crippen LogP contribution in [0.3, 0.4) is 0 Å². The molecule has 1 saturated heterocycles. The predicted octanol–water partition coefficient (Wildman–Crippen LogP) is 0.168. The fourth-order valence-electron chi connectivity index (χ4n) is 1.91. The van der Waals surface area contributed by atoms with Gasteiger partial charge in [-0.2, -0.15) is 0 Å². The fourth-order valence-corrected chi connectivity index (χ4v) is 1.91. The Bertz CT molecular complexity index is 322. The highest BCUT2D eigenvalue weighted by Gasteiger charge is 2.34. The van der Waals surface area contributed by atoms with Gasteiger partial charge in [-0.3, -0.25) is 9.59 Å². The highest BCUT2D eigenvalue weighted by molar-refractivity contribution is 5.85. The lowest BCUT2D eigenvalue weighted by molar-refractivity contribution is -0.147. The summed E-state index contributed by atoms with van der Waals surface area (Å²) >= 11 is 0. The Morgan fingerprint density at radius 3 is 2.50 bits per heavy atom. The maximum Gasteiger partial charge on any atom is 0.307 e. The molecule has 5 heteroatoms. The molecule has 0 aromatic carbocycles. The number of carboxylic acids is 1. The van der Waals surface area contributed by atoms with Crippen LogP contribution in [0.1, 0.15) is 12.8 Å². The minimum absolute atomic E-state index is 0.131. The Kier molecular flexibility index (Phi) is 3.24. The summed E-state index contributed by atoms with van der Waals surface area (Å²) in [5, 5.41) is 11.7. The van der Waals surface area contributed by atoms with Crippen molar-refractivity contribution < 1.29 is 19.4 Å². The minimum atomic E-state index is -0.896. The number of amides is 1. The highest BCUT2D eigenvalue weighted by atomic mass is 16.6. The number of aliphatic carboxylic acids is 1. The number of carbonyl (C=O) groups excluding carboxylic acids is 1. The van der Waals surface area contributed by atoms with Crippen LogP contribution in [0.25, 0.3) is 0 Å². The van der Waals surface area contributed by atoms with E-state index in [4.69, 9.17) is 9.84 Å². The van der Waals surface area contributed by atoms with Crippen molar-refractivity contribution in [3.8, 4) is 0 Å². The van der Waals surface area contributed by atoms with Gasteiger partial charge < -0.3 is 15.2 Å². The number of rotatable bonds is 4. The molecule has 0 bridgehead atoms. The van der Waals surface area contributed by atoms with Gasteiger partial charge in [-0.25, -0.2) is 0 Å². The summed E-state index contributed by atoms with van der Waals surface area (Å²) in [6.45, 7) is 1.18. The number of ether oxygens (including phenoxy) is 1. The summed E-state index contributed by atoms with van der Waals surface area (Å²) in [4.78, 5) is 22.8. The average molecular weight is 225 g/mol. The first-order valence-corrected chi connectivity index (χ1v) is 5.45. The smallest absolute Gasteiger partial charge is 0.307 e. The molecule has 3 atom stereocenters. The zero-order valence-corrected chi connectivity index (χ0v) is 8.89. The number of epoxide rings is 1. The fraction of sp³-hybridized carbons (Fsp3) is 0.636. The Labute approximate surface area is 93.5 Å². The largest absolute Gasteiger partial charge is 0.481 e. The molecule has 5 nitrogen and oxygen atoms in total. The van der Waals surface area contributed by atoms with Crippen LogP contribution in [0.15, 0.2) is 12.2 Å². The van der Waals surface area contributed by atoms with E-state index in [1.54, 1.807) is 0 Å². The summed E-state index contributed by atoms with van der Waals surface area (Å²) in [6, 6.07) is 0. The third-order valence-corrected chi connectivity index (χ3v) is 2.99. The predicted molar refractivity (Wildman–Crippen MR) is 55.7 cm³/mol. The Morgan fingerprint density at radius 2 is 1.94 bits per heavy atom. The molecule has 1 aliphatic heterocycles. The van der Waals surface area contributed by atoms with Crippen LogP contribution in [0.4, 0.5) is 0 Å². The van der Waals surface area contributed by atoms with Crippen LogP contribution in [-0.2, 0) is 14.3 Å². The number of nitrogens with one attached hydrogen (secondary N) is 1. The SMILES string of the molecule is O=C(O)[C@@H]1CC=CC[C@H]1C(=O)NC[C@H]1CO1. The van der Waals surface area contributed by atoms with Crippen molar-refractivity contribution in [2.24, 2.45) is 11.8 Å². The zero-order chi connectivity index (χ0) is 11.5. The van der Waals surface area contributed by atoms with E-state index in [1.807, 2.05) is 12.2 Å². The normalized spacial score (nSPS) is 32.1. The van der Waals surface area contributed by atoms with Crippen molar-refractivity contribution in [1.82, 2.24) is 5.32 Å². The maximum absolute atomic E-state index is 11.8. The van der Waals surface area contributed by atoms with E-state index in [-0.39, 0.29) is 12.0 Å². The van der Waals surface area contributed by atoms with E-state index in [2.05, 4.69) is 5.32 Å². The molecule has 2 aliphatic rings. The first kappa shape index (κ1) is 11.1.